The average molecular weight is 573 g/mol. The van der Waals surface area contributed by atoms with Crippen molar-refractivity contribution in [3.63, 3.8) is 0 Å². The van der Waals surface area contributed by atoms with Crippen LogP contribution in [0.5, 0.6) is 11.5 Å². The lowest BCUT2D eigenvalue weighted by Gasteiger charge is -2.42. The van der Waals surface area contributed by atoms with Crippen molar-refractivity contribution in [3.8, 4) is 11.5 Å². The number of rotatable bonds is 10. The zero-order chi connectivity index (χ0) is 29.1. The lowest BCUT2D eigenvalue weighted by molar-refractivity contribution is -0.137. The lowest BCUT2D eigenvalue weighted by atomic mass is 9.64. The van der Waals surface area contributed by atoms with Crippen molar-refractivity contribution in [2.24, 2.45) is 5.92 Å². The van der Waals surface area contributed by atoms with Crippen LogP contribution >= 0.6 is 0 Å². The van der Waals surface area contributed by atoms with E-state index in [0.717, 1.165) is 81.0 Å². The van der Waals surface area contributed by atoms with Crippen molar-refractivity contribution in [1.29, 1.82) is 0 Å². The molecular formula is C38H40N2O3. The first-order valence-electron chi connectivity index (χ1n) is 15.8. The average Bonchev–Trinajstić information content (AvgIpc) is 3.85. The molecule has 43 heavy (non-hydrogen) atoms. The second kappa shape index (κ2) is 12.3. The van der Waals surface area contributed by atoms with E-state index >= 15 is 4.79 Å². The van der Waals surface area contributed by atoms with Gasteiger partial charge in [-0.3, -0.25) is 4.79 Å². The van der Waals surface area contributed by atoms with Crippen LogP contribution in [-0.4, -0.2) is 50.2 Å². The van der Waals surface area contributed by atoms with Gasteiger partial charge in [-0.15, -0.1) is 0 Å². The molecule has 4 aromatic rings. The molecule has 3 aliphatic heterocycles. The highest BCUT2D eigenvalue weighted by molar-refractivity contribution is 5.93. The van der Waals surface area contributed by atoms with Crippen molar-refractivity contribution in [1.82, 2.24) is 10.2 Å². The molecular weight excluding hydrogens is 532 g/mol. The predicted molar refractivity (Wildman–Crippen MR) is 170 cm³/mol. The summed E-state index contributed by atoms with van der Waals surface area (Å²) >= 11 is 0. The van der Waals surface area contributed by atoms with E-state index in [0.29, 0.717) is 13.1 Å². The van der Waals surface area contributed by atoms with Crippen LogP contribution in [0.3, 0.4) is 0 Å². The number of benzene rings is 4. The molecule has 1 saturated heterocycles. The lowest BCUT2D eigenvalue weighted by Crippen LogP contribution is -2.53. The zero-order valence-corrected chi connectivity index (χ0v) is 24.8. The largest absolute Gasteiger partial charge is 0.493 e. The quantitative estimate of drug-likeness (QED) is 0.262. The third kappa shape index (κ3) is 5.43. The summed E-state index contributed by atoms with van der Waals surface area (Å²) in [7, 11) is 0. The van der Waals surface area contributed by atoms with Crippen LogP contribution in [0.2, 0.25) is 0 Å². The van der Waals surface area contributed by atoms with Crippen LogP contribution in [0, 0.1) is 5.92 Å². The van der Waals surface area contributed by atoms with Gasteiger partial charge in [0, 0.05) is 25.9 Å². The molecule has 1 fully saturated rings. The van der Waals surface area contributed by atoms with Crippen LogP contribution in [0.25, 0.3) is 0 Å². The molecule has 0 aromatic heterocycles. The number of fused-ring (bicyclic) bond motifs is 2. The summed E-state index contributed by atoms with van der Waals surface area (Å²) in [5.41, 5.74) is 6.44. The smallest absolute Gasteiger partial charge is 0.238 e. The summed E-state index contributed by atoms with van der Waals surface area (Å²) < 4.78 is 11.5. The van der Waals surface area contributed by atoms with Crippen LogP contribution in [-0.2, 0) is 35.9 Å². The number of amides is 1. The molecule has 0 radical (unpaired) electrons. The molecule has 5 nitrogen and oxygen atoms in total. The highest BCUT2D eigenvalue weighted by Crippen LogP contribution is 2.44. The summed E-state index contributed by atoms with van der Waals surface area (Å²) in [5, 5.41) is 3.58. The van der Waals surface area contributed by atoms with E-state index in [9.17, 15) is 0 Å². The van der Waals surface area contributed by atoms with Gasteiger partial charge in [-0.1, -0.05) is 84.9 Å². The molecule has 3 aliphatic rings. The summed E-state index contributed by atoms with van der Waals surface area (Å²) in [4.78, 5) is 17.6. The first-order valence-corrected chi connectivity index (χ1v) is 15.8. The van der Waals surface area contributed by atoms with Gasteiger partial charge in [-0.2, -0.15) is 0 Å². The molecule has 0 saturated carbocycles. The van der Waals surface area contributed by atoms with Gasteiger partial charge in [0.25, 0.3) is 0 Å². The fourth-order valence-electron chi connectivity index (χ4n) is 7.37. The molecule has 4 aromatic carbocycles. The Balaban J connectivity index is 1.26. The summed E-state index contributed by atoms with van der Waals surface area (Å²) in [6.45, 7) is 4.57. The van der Waals surface area contributed by atoms with E-state index in [2.05, 4.69) is 95.1 Å². The third-order valence-corrected chi connectivity index (χ3v) is 9.60. The van der Waals surface area contributed by atoms with Crippen LogP contribution in [0.1, 0.15) is 39.8 Å². The normalized spacial score (nSPS) is 17.2. The zero-order valence-electron chi connectivity index (χ0n) is 24.8. The van der Waals surface area contributed by atoms with E-state index < -0.39 is 5.41 Å². The molecule has 220 valence electrons. The minimum absolute atomic E-state index is 0.154. The third-order valence-electron chi connectivity index (χ3n) is 9.60. The minimum Gasteiger partial charge on any atom is -0.493 e. The molecule has 3 heterocycles. The second-order valence-electron chi connectivity index (χ2n) is 12.1. The Kier molecular flexibility index (Phi) is 7.90. The van der Waals surface area contributed by atoms with E-state index in [4.69, 9.17) is 9.47 Å². The van der Waals surface area contributed by atoms with Crippen LogP contribution < -0.4 is 14.8 Å². The van der Waals surface area contributed by atoms with Gasteiger partial charge in [-0.25, -0.2) is 0 Å². The van der Waals surface area contributed by atoms with Gasteiger partial charge in [0.05, 0.1) is 13.2 Å². The Labute approximate surface area is 254 Å². The van der Waals surface area contributed by atoms with E-state index in [1.165, 1.54) is 22.3 Å². The molecule has 0 aliphatic carbocycles. The number of nitrogens with one attached hydrogen (secondary N) is 1. The maximum atomic E-state index is 15.4. The van der Waals surface area contributed by atoms with E-state index in [1.54, 1.807) is 0 Å². The van der Waals surface area contributed by atoms with Crippen molar-refractivity contribution in [3.05, 3.63) is 130 Å². The first-order chi connectivity index (χ1) is 21.2. The van der Waals surface area contributed by atoms with Gasteiger partial charge in [0.2, 0.25) is 5.91 Å². The SMILES string of the molecule is O=C(N(CCc1ccc2c(c1)CCO2)CCc1ccc2c(c1)CCO2)C(c1ccccc1)(c1ccccc1)[C@H]1CCNC1. The maximum absolute atomic E-state index is 15.4. The number of ether oxygens (including phenoxy) is 2. The molecule has 0 bridgehead atoms. The molecule has 1 N–H and O–H groups in total. The van der Waals surface area contributed by atoms with Crippen molar-refractivity contribution < 1.29 is 14.3 Å². The highest BCUT2D eigenvalue weighted by Gasteiger charge is 2.51. The number of carbonyl (C=O) groups is 1. The summed E-state index contributed by atoms with van der Waals surface area (Å²) in [6, 6.07) is 34.1. The monoisotopic (exact) mass is 572 g/mol. The van der Waals surface area contributed by atoms with Gasteiger partial charge < -0.3 is 19.7 Å². The minimum atomic E-state index is -0.774. The topological polar surface area (TPSA) is 50.8 Å². The first kappa shape index (κ1) is 27.7. The number of hydrogen-bond acceptors (Lipinski definition) is 4. The van der Waals surface area contributed by atoms with Crippen molar-refractivity contribution in [2.75, 3.05) is 39.4 Å². The molecule has 1 amide bonds. The molecule has 7 rings (SSSR count). The Morgan fingerprint density at radius 3 is 1.77 bits per heavy atom. The Morgan fingerprint density at radius 2 is 1.28 bits per heavy atom. The summed E-state index contributed by atoms with van der Waals surface area (Å²) in [6.07, 6.45) is 4.47. The van der Waals surface area contributed by atoms with Crippen LogP contribution in [0.15, 0.2) is 97.1 Å². The highest BCUT2D eigenvalue weighted by atomic mass is 16.5. The summed E-state index contributed by atoms with van der Waals surface area (Å²) in [5.74, 6) is 2.35. The fourth-order valence-corrected chi connectivity index (χ4v) is 7.37. The molecule has 0 unspecified atom stereocenters. The Morgan fingerprint density at radius 1 is 0.744 bits per heavy atom. The molecule has 0 spiro atoms. The van der Waals surface area contributed by atoms with Gasteiger partial charge >= 0.3 is 0 Å². The van der Waals surface area contributed by atoms with Gasteiger partial charge in [0.15, 0.2) is 0 Å². The van der Waals surface area contributed by atoms with E-state index in [-0.39, 0.29) is 11.8 Å². The molecule has 1 atom stereocenters. The fraction of sp³-hybridized carbons (Fsp3) is 0.342. The maximum Gasteiger partial charge on any atom is 0.238 e. The number of nitrogens with zero attached hydrogens (tertiary/aromatic N) is 1. The number of carbonyl (C=O) groups excluding carboxylic acids is 1. The second-order valence-corrected chi connectivity index (χ2v) is 12.1. The molecule has 5 heteroatoms. The standard InChI is InChI=1S/C38H40N2O3/c41-37(38(34-15-20-39-27-34,32-7-3-1-4-8-32)33-9-5-2-6-10-33)40(21-16-28-11-13-35-30(25-28)18-23-42-35)22-17-29-12-14-36-31(26-29)19-24-43-36/h1-14,25-26,34,39H,15-24,27H2/t34-/m0/s1. The number of hydrogen-bond donors (Lipinski definition) is 1. The van der Waals surface area contributed by atoms with Crippen molar-refractivity contribution in [2.45, 2.75) is 37.5 Å². The van der Waals surface area contributed by atoms with Crippen molar-refractivity contribution >= 4 is 5.91 Å². The van der Waals surface area contributed by atoms with E-state index in [1.807, 2.05) is 12.1 Å². The predicted octanol–water partition coefficient (Wildman–Crippen LogP) is 5.77. The van der Waals surface area contributed by atoms with Gasteiger partial charge in [-0.05, 0) is 83.8 Å². The Hall–Kier alpha value is -4.09. The Bertz CT molecular complexity index is 1460. The van der Waals surface area contributed by atoms with Gasteiger partial charge in [0.1, 0.15) is 16.9 Å². The van der Waals surface area contributed by atoms with Crippen LogP contribution in [0.4, 0.5) is 0 Å².